The summed E-state index contributed by atoms with van der Waals surface area (Å²) in [5.41, 5.74) is -1.01. The van der Waals surface area contributed by atoms with Gasteiger partial charge in [0.25, 0.3) is 25.8 Å². The van der Waals surface area contributed by atoms with E-state index in [1.807, 2.05) is 52.1 Å². The SMILES string of the molecule is CC1(C)CCC(c2ccc(Cl)cc2)=C(CN2CCC(c3ccc(C(=O)NS(=O)(=O)c4ccc(N[C@H](CCN5CCN(C(=O)OCC(Cl)(Cl)Cl)CC5)CSc5ccccc5)c(S(=O)(=O)C(F)(F)F)c4)cc3)CC2)C1. The Morgan fingerprint density at radius 3 is 2.14 bits per heavy atom. The van der Waals surface area contributed by atoms with Gasteiger partial charge in [0.1, 0.15) is 11.5 Å². The number of nitrogens with one attached hydrogen (secondary N) is 2. The molecule has 1 aliphatic carbocycles. The molecule has 2 aliphatic heterocycles. The Balaban J connectivity index is 1.00. The van der Waals surface area contributed by atoms with Crippen molar-refractivity contribution in [1.82, 2.24) is 19.4 Å². The molecule has 0 unspecified atom stereocenters. The first-order chi connectivity index (χ1) is 34.4. The van der Waals surface area contributed by atoms with Crippen molar-refractivity contribution in [3.05, 3.63) is 124 Å². The molecule has 1 atom stereocenters. The van der Waals surface area contributed by atoms with Gasteiger partial charge >= 0.3 is 11.6 Å². The Labute approximate surface area is 450 Å². The summed E-state index contributed by atoms with van der Waals surface area (Å²) in [5, 5.41) is 3.67. The Hall–Kier alpha value is -3.72. The van der Waals surface area contributed by atoms with Crippen LogP contribution in [0.4, 0.5) is 23.7 Å². The van der Waals surface area contributed by atoms with Crippen LogP contribution in [0.25, 0.3) is 5.57 Å². The fourth-order valence-electron chi connectivity index (χ4n) is 9.40. The van der Waals surface area contributed by atoms with E-state index in [1.54, 1.807) is 12.1 Å². The van der Waals surface area contributed by atoms with Crippen LogP contribution >= 0.6 is 58.2 Å². The van der Waals surface area contributed by atoms with Crippen molar-refractivity contribution in [2.45, 2.75) is 88.3 Å². The Morgan fingerprint density at radius 2 is 1.51 bits per heavy atom. The number of rotatable bonds is 17. The minimum absolute atomic E-state index is 0.00658. The average molecular weight is 1150 g/mol. The maximum absolute atomic E-state index is 14.3. The van der Waals surface area contributed by atoms with Crippen molar-refractivity contribution in [2.75, 3.05) is 70.0 Å². The molecule has 73 heavy (non-hydrogen) atoms. The number of hydrogen-bond donors (Lipinski definition) is 2. The molecule has 396 valence electrons. The number of hydrogen-bond acceptors (Lipinski definition) is 11. The van der Waals surface area contributed by atoms with Gasteiger partial charge in [0.15, 0.2) is 0 Å². The van der Waals surface area contributed by atoms with Crippen LogP contribution < -0.4 is 10.0 Å². The first-order valence-electron chi connectivity index (χ1n) is 23.8. The molecule has 3 aliphatic rings. The summed E-state index contributed by atoms with van der Waals surface area (Å²) >= 11 is 24.7. The van der Waals surface area contributed by atoms with Crippen molar-refractivity contribution in [1.29, 1.82) is 0 Å². The smallest absolute Gasteiger partial charge is 0.445 e. The highest BCUT2D eigenvalue weighted by Gasteiger charge is 2.48. The van der Waals surface area contributed by atoms with Crippen molar-refractivity contribution >= 4 is 101 Å². The van der Waals surface area contributed by atoms with E-state index in [0.29, 0.717) is 37.1 Å². The number of ether oxygens (including phenoxy) is 1. The predicted octanol–water partition coefficient (Wildman–Crippen LogP) is 11.7. The topological polar surface area (TPSA) is 145 Å². The van der Waals surface area contributed by atoms with Crippen LogP contribution in [0.2, 0.25) is 5.02 Å². The highest BCUT2D eigenvalue weighted by Crippen LogP contribution is 2.44. The second-order valence-electron chi connectivity index (χ2n) is 19.4. The summed E-state index contributed by atoms with van der Waals surface area (Å²) in [6.45, 7) is 8.63. The molecule has 0 aromatic heterocycles. The van der Waals surface area contributed by atoms with E-state index in [-0.39, 0.29) is 35.7 Å². The van der Waals surface area contributed by atoms with E-state index in [4.69, 9.17) is 51.1 Å². The van der Waals surface area contributed by atoms with E-state index in [0.717, 1.165) is 74.3 Å². The number of nitrogens with zero attached hydrogens (tertiary/aromatic N) is 3. The lowest BCUT2D eigenvalue weighted by Gasteiger charge is -2.38. The molecular weight excluding hydrogens is 1090 g/mol. The molecule has 2 saturated heterocycles. The third kappa shape index (κ3) is 15.7. The number of sulfonamides is 1. The van der Waals surface area contributed by atoms with Crippen LogP contribution in [-0.4, -0.2) is 124 Å². The van der Waals surface area contributed by atoms with Crippen LogP contribution in [0.15, 0.2) is 117 Å². The molecular formula is C51H58Cl4F3N5O7S3. The average Bonchev–Trinajstić information content (AvgIpc) is 3.34. The van der Waals surface area contributed by atoms with Gasteiger partial charge in [-0.1, -0.05) is 108 Å². The van der Waals surface area contributed by atoms with Gasteiger partial charge in [-0.05, 0) is 134 Å². The van der Waals surface area contributed by atoms with E-state index in [2.05, 4.69) is 36.2 Å². The second-order valence-corrected chi connectivity index (χ2v) is 27.0. The Morgan fingerprint density at radius 1 is 0.849 bits per heavy atom. The van der Waals surface area contributed by atoms with E-state index < -0.39 is 69.3 Å². The number of halogens is 7. The van der Waals surface area contributed by atoms with Crippen molar-refractivity contribution in [3.63, 3.8) is 0 Å². The van der Waals surface area contributed by atoms with Crippen molar-refractivity contribution in [3.8, 4) is 0 Å². The highest BCUT2D eigenvalue weighted by molar-refractivity contribution is 7.99. The van der Waals surface area contributed by atoms with Crippen LogP contribution in [0.5, 0.6) is 0 Å². The minimum atomic E-state index is -6.13. The number of amides is 2. The Kier molecular flexibility index (Phi) is 18.8. The van der Waals surface area contributed by atoms with Gasteiger partial charge in [-0.25, -0.2) is 26.4 Å². The quantitative estimate of drug-likeness (QED) is 0.0770. The minimum Gasteiger partial charge on any atom is -0.445 e. The number of allylic oxidation sites excluding steroid dienone is 1. The summed E-state index contributed by atoms with van der Waals surface area (Å²) in [5.74, 6) is -0.559. The molecule has 7 rings (SSSR count). The summed E-state index contributed by atoms with van der Waals surface area (Å²) in [4.78, 5) is 30.6. The van der Waals surface area contributed by atoms with Gasteiger partial charge < -0.3 is 15.0 Å². The van der Waals surface area contributed by atoms with Gasteiger partial charge in [0.2, 0.25) is 3.79 Å². The lowest BCUT2D eigenvalue weighted by molar-refractivity contribution is -0.0436. The molecule has 12 nitrogen and oxygen atoms in total. The summed E-state index contributed by atoms with van der Waals surface area (Å²) in [6.07, 6.45) is 4.56. The largest absolute Gasteiger partial charge is 0.501 e. The summed E-state index contributed by atoms with van der Waals surface area (Å²) < 4.78 is 102. The number of thioether (sulfide) groups is 1. The zero-order chi connectivity index (χ0) is 52.8. The number of benzene rings is 4. The lowest BCUT2D eigenvalue weighted by Crippen LogP contribution is -2.49. The lowest BCUT2D eigenvalue weighted by atomic mass is 9.72. The fourth-order valence-corrected chi connectivity index (χ4v) is 12.7. The number of carbonyl (C=O) groups is 2. The number of anilines is 1. The van der Waals surface area contributed by atoms with Gasteiger partial charge in [0, 0.05) is 66.5 Å². The highest BCUT2D eigenvalue weighted by atomic mass is 35.6. The van der Waals surface area contributed by atoms with Crippen molar-refractivity contribution in [2.24, 2.45) is 5.41 Å². The first kappa shape index (κ1) is 57.0. The number of alkyl halides is 6. The molecule has 4 aromatic rings. The number of sulfone groups is 1. The molecule has 0 radical (unpaired) electrons. The zero-order valence-corrected chi connectivity index (χ0v) is 45.7. The molecule has 22 heteroatoms. The predicted molar refractivity (Wildman–Crippen MR) is 284 cm³/mol. The molecule has 4 aromatic carbocycles. The maximum atomic E-state index is 14.3. The van der Waals surface area contributed by atoms with Gasteiger partial charge in [0.05, 0.1) is 10.6 Å². The first-order valence-corrected chi connectivity index (χ1v) is 29.3. The monoisotopic (exact) mass is 1150 g/mol. The molecule has 2 fully saturated rings. The fraction of sp³-hybridized carbons (Fsp3) is 0.451. The second kappa shape index (κ2) is 24.1. The van der Waals surface area contributed by atoms with Gasteiger partial charge in [-0.2, -0.15) is 13.2 Å². The number of piperazine rings is 1. The van der Waals surface area contributed by atoms with E-state index in [1.165, 1.54) is 45.5 Å². The van der Waals surface area contributed by atoms with Crippen LogP contribution in [-0.2, 0) is 24.6 Å². The number of piperidine rings is 1. The molecule has 0 saturated carbocycles. The maximum Gasteiger partial charge on any atom is 0.501 e. The summed E-state index contributed by atoms with van der Waals surface area (Å²) in [7, 11) is -11.0. The molecule has 2 N–H and O–H groups in total. The molecule has 0 spiro atoms. The van der Waals surface area contributed by atoms with Crippen LogP contribution in [0, 0.1) is 5.41 Å². The third-order valence-electron chi connectivity index (χ3n) is 13.4. The van der Waals surface area contributed by atoms with Crippen molar-refractivity contribution < 1.29 is 44.3 Å². The van der Waals surface area contributed by atoms with E-state index in [9.17, 15) is 39.6 Å². The Bertz CT molecular complexity index is 2820. The van der Waals surface area contributed by atoms with Gasteiger partial charge in [-0.3, -0.25) is 14.6 Å². The number of likely N-dealkylation sites (tertiary alicyclic amines) is 1. The molecule has 2 heterocycles. The molecule has 2 amide bonds. The number of carbonyl (C=O) groups excluding carboxylic acids is 2. The third-order valence-corrected chi connectivity index (χ3v) is 18.0. The summed E-state index contributed by atoms with van der Waals surface area (Å²) in [6, 6.07) is 25.5. The normalized spacial score (nSPS) is 18.1. The standard InChI is InChI=1S/C51H58Cl4F3N5O7S3/c1-49(2)22-18-44(37-12-14-40(52)15-13-37)39(31-49)32-62-23-19-36(20-24-62)35-8-10-38(11-9-35)47(64)60-73(68,69)43-16-17-45(46(30-43)72(66,67)51(56,57)58)59-41(33-71-42-6-4-3-5-7-42)21-25-61-26-28-63(29-27-61)48(65)70-34-50(53,54)55/h3-17,30,36,41,59H,18-29,31-34H2,1-2H3,(H,60,64)/t41-/m1/s1. The van der Waals surface area contributed by atoms with E-state index >= 15 is 0 Å². The van der Waals surface area contributed by atoms with Crippen LogP contribution in [0.3, 0.4) is 0 Å². The zero-order valence-electron chi connectivity index (χ0n) is 40.3. The molecule has 0 bridgehead atoms. The van der Waals surface area contributed by atoms with Crippen LogP contribution in [0.1, 0.15) is 79.8 Å². The van der Waals surface area contributed by atoms with Gasteiger partial charge in [-0.15, -0.1) is 11.8 Å².